The molecule has 0 amide bonds. The molecule has 3 aromatic carbocycles. The van der Waals surface area contributed by atoms with Gasteiger partial charge in [-0.3, -0.25) is 0 Å². The molecule has 32 heavy (non-hydrogen) atoms. The molecule has 0 saturated carbocycles. The van der Waals surface area contributed by atoms with Crippen LogP contribution < -0.4 is 0 Å². The number of hydrogen-bond donors (Lipinski definition) is 2. The van der Waals surface area contributed by atoms with Gasteiger partial charge >= 0.3 is 11.9 Å². The van der Waals surface area contributed by atoms with Gasteiger partial charge in [0.25, 0.3) is 0 Å². The van der Waals surface area contributed by atoms with Crippen molar-refractivity contribution in [2.24, 2.45) is 0 Å². The van der Waals surface area contributed by atoms with Crippen LogP contribution >= 0.6 is 0 Å². The van der Waals surface area contributed by atoms with Crippen LogP contribution in [0.25, 0.3) is 22.3 Å². The maximum atomic E-state index is 11.3. The minimum absolute atomic E-state index is 0.283. The minimum Gasteiger partial charge on any atom is -0.478 e. The summed E-state index contributed by atoms with van der Waals surface area (Å²) in [5.74, 6) is -1.85. The SMILES string of the molecule is CCCCc1cc(-c2ccc(C(=O)O)cc2)c(CCCC)cc1-c1ccc(C(=O)O)cc1. The molecule has 4 nitrogen and oxygen atoms in total. The molecule has 0 aliphatic carbocycles. The third-order valence-corrected chi connectivity index (χ3v) is 5.81. The first kappa shape index (κ1) is 23.3. The van der Waals surface area contributed by atoms with Crippen LogP contribution in [0.4, 0.5) is 0 Å². The molecule has 0 radical (unpaired) electrons. The second kappa shape index (κ2) is 10.8. The highest BCUT2D eigenvalue weighted by Gasteiger charge is 2.14. The topological polar surface area (TPSA) is 74.6 Å². The van der Waals surface area contributed by atoms with Crippen molar-refractivity contribution < 1.29 is 19.8 Å². The lowest BCUT2D eigenvalue weighted by atomic mass is 9.87. The van der Waals surface area contributed by atoms with E-state index in [1.54, 1.807) is 24.3 Å². The van der Waals surface area contributed by atoms with Crippen molar-refractivity contribution in [2.75, 3.05) is 0 Å². The second-order valence-corrected chi connectivity index (χ2v) is 8.14. The summed E-state index contributed by atoms with van der Waals surface area (Å²) in [5.41, 5.74) is 7.36. The van der Waals surface area contributed by atoms with Gasteiger partial charge in [0, 0.05) is 0 Å². The van der Waals surface area contributed by atoms with Crippen molar-refractivity contribution in [2.45, 2.75) is 52.4 Å². The molecule has 0 aliphatic heterocycles. The van der Waals surface area contributed by atoms with Gasteiger partial charge < -0.3 is 10.2 Å². The molecule has 0 aliphatic rings. The molecule has 2 N–H and O–H groups in total. The van der Waals surface area contributed by atoms with Crippen LogP contribution in [0.15, 0.2) is 60.7 Å². The third-order valence-electron chi connectivity index (χ3n) is 5.81. The number of carboxylic acids is 2. The molecule has 0 fully saturated rings. The van der Waals surface area contributed by atoms with Gasteiger partial charge in [0.1, 0.15) is 0 Å². The van der Waals surface area contributed by atoms with Gasteiger partial charge in [0.2, 0.25) is 0 Å². The van der Waals surface area contributed by atoms with Gasteiger partial charge in [0.05, 0.1) is 11.1 Å². The summed E-state index contributed by atoms with van der Waals surface area (Å²) in [7, 11) is 0. The maximum absolute atomic E-state index is 11.3. The zero-order valence-corrected chi connectivity index (χ0v) is 18.7. The largest absolute Gasteiger partial charge is 0.478 e. The zero-order chi connectivity index (χ0) is 23.1. The molecule has 166 valence electrons. The Morgan fingerprint density at radius 3 is 1.25 bits per heavy atom. The minimum atomic E-state index is -0.924. The molecule has 0 saturated heterocycles. The molecular weight excluding hydrogens is 400 g/mol. The average molecular weight is 431 g/mol. The fourth-order valence-corrected chi connectivity index (χ4v) is 3.96. The molecule has 0 aromatic heterocycles. The number of benzene rings is 3. The van der Waals surface area contributed by atoms with Crippen LogP contribution in [0.2, 0.25) is 0 Å². The normalized spacial score (nSPS) is 10.8. The smallest absolute Gasteiger partial charge is 0.335 e. The fourth-order valence-electron chi connectivity index (χ4n) is 3.96. The number of hydrogen-bond acceptors (Lipinski definition) is 2. The van der Waals surface area contributed by atoms with Crippen LogP contribution in [-0.2, 0) is 12.8 Å². The van der Waals surface area contributed by atoms with E-state index in [-0.39, 0.29) is 11.1 Å². The number of carbonyl (C=O) groups is 2. The molecule has 3 rings (SSSR count). The van der Waals surface area contributed by atoms with Crippen molar-refractivity contribution in [3.05, 3.63) is 82.9 Å². The molecule has 0 unspecified atom stereocenters. The molecule has 0 bridgehead atoms. The van der Waals surface area contributed by atoms with E-state index in [1.807, 2.05) is 24.3 Å². The van der Waals surface area contributed by atoms with Gasteiger partial charge in [0.15, 0.2) is 0 Å². The van der Waals surface area contributed by atoms with Crippen molar-refractivity contribution in [3.63, 3.8) is 0 Å². The summed E-state index contributed by atoms with van der Waals surface area (Å²) < 4.78 is 0. The summed E-state index contributed by atoms with van der Waals surface area (Å²) >= 11 is 0. The summed E-state index contributed by atoms with van der Waals surface area (Å²) in [5, 5.41) is 18.5. The van der Waals surface area contributed by atoms with E-state index in [1.165, 1.54) is 11.1 Å². The lowest BCUT2D eigenvalue weighted by Gasteiger charge is -2.18. The Labute approximate surface area is 189 Å². The average Bonchev–Trinajstić information content (AvgIpc) is 2.81. The summed E-state index contributed by atoms with van der Waals surface area (Å²) in [6.07, 6.45) is 6.15. The van der Waals surface area contributed by atoms with Crippen LogP contribution in [0, 0.1) is 0 Å². The first-order valence-corrected chi connectivity index (χ1v) is 11.3. The molecule has 4 heteroatoms. The first-order chi connectivity index (χ1) is 15.4. The highest BCUT2D eigenvalue weighted by atomic mass is 16.4. The van der Waals surface area contributed by atoms with Gasteiger partial charge in [-0.25, -0.2) is 9.59 Å². The number of unbranched alkanes of at least 4 members (excludes halogenated alkanes) is 2. The molecule has 0 spiro atoms. The highest BCUT2D eigenvalue weighted by Crippen LogP contribution is 2.34. The van der Waals surface area contributed by atoms with E-state index < -0.39 is 11.9 Å². The Balaban J connectivity index is 2.14. The third kappa shape index (κ3) is 5.44. The van der Waals surface area contributed by atoms with Gasteiger partial charge in [-0.05, 0) is 83.3 Å². The van der Waals surface area contributed by atoms with Crippen LogP contribution in [0.5, 0.6) is 0 Å². The maximum Gasteiger partial charge on any atom is 0.335 e. The van der Waals surface area contributed by atoms with E-state index >= 15 is 0 Å². The summed E-state index contributed by atoms with van der Waals surface area (Å²) in [6, 6.07) is 18.7. The van der Waals surface area contributed by atoms with Crippen LogP contribution in [-0.4, -0.2) is 22.2 Å². The Bertz CT molecular complexity index is 990. The Morgan fingerprint density at radius 2 is 0.969 bits per heavy atom. The van der Waals surface area contributed by atoms with Gasteiger partial charge in [-0.2, -0.15) is 0 Å². The summed E-state index contributed by atoms with van der Waals surface area (Å²) in [6.45, 7) is 4.34. The van der Waals surface area contributed by atoms with Crippen LogP contribution in [0.1, 0.15) is 71.4 Å². The standard InChI is InChI=1S/C28H30O4/c1-3-5-7-23-17-26(20-11-15-22(16-12-20)28(31)32)24(8-6-4-2)18-25(23)19-9-13-21(14-10-19)27(29)30/h9-18H,3-8H2,1-2H3,(H,29,30)(H,31,32). The Morgan fingerprint density at radius 1 is 0.625 bits per heavy atom. The van der Waals surface area contributed by atoms with Crippen molar-refractivity contribution in [3.8, 4) is 22.3 Å². The van der Waals surface area contributed by atoms with E-state index in [0.717, 1.165) is 60.8 Å². The molecule has 0 heterocycles. The number of carboxylic acid groups (broad SMARTS) is 2. The Kier molecular flexibility index (Phi) is 7.82. The van der Waals surface area contributed by atoms with Gasteiger partial charge in [-0.15, -0.1) is 0 Å². The second-order valence-electron chi connectivity index (χ2n) is 8.14. The number of aromatic carboxylic acids is 2. The van der Waals surface area contributed by atoms with Crippen molar-refractivity contribution in [1.29, 1.82) is 0 Å². The zero-order valence-electron chi connectivity index (χ0n) is 18.7. The van der Waals surface area contributed by atoms with Gasteiger partial charge in [-0.1, -0.05) is 63.1 Å². The number of aryl methyl sites for hydroxylation is 2. The number of rotatable bonds is 10. The monoisotopic (exact) mass is 430 g/mol. The van der Waals surface area contributed by atoms with Crippen LogP contribution in [0.3, 0.4) is 0 Å². The predicted octanol–water partition coefficient (Wildman–Crippen LogP) is 7.10. The summed E-state index contributed by atoms with van der Waals surface area (Å²) in [4.78, 5) is 22.5. The van der Waals surface area contributed by atoms with E-state index in [9.17, 15) is 19.8 Å². The van der Waals surface area contributed by atoms with E-state index in [2.05, 4.69) is 26.0 Å². The first-order valence-electron chi connectivity index (χ1n) is 11.3. The van der Waals surface area contributed by atoms with E-state index in [0.29, 0.717) is 0 Å². The fraction of sp³-hybridized carbons (Fsp3) is 0.286. The van der Waals surface area contributed by atoms with Crippen molar-refractivity contribution in [1.82, 2.24) is 0 Å². The quantitative estimate of drug-likeness (QED) is 0.360. The predicted molar refractivity (Wildman–Crippen MR) is 128 cm³/mol. The van der Waals surface area contributed by atoms with E-state index in [4.69, 9.17) is 0 Å². The molecular formula is C28H30O4. The van der Waals surface area contributed by atoms with Crippen molar-refractivity contribution >= 4 is 11.9 Å². The lowest BCUT2D eigenvalue weighted by molar-refractivity contribution is 0.0686. The Hall–Kier alpha value is -3.40. The lowest BCUT2D eigenvalue weighted by Crippen LogP contribution is -2.00. The molecule has 3 aromatic rings. The molecule has 0 atom stereocenters. The highest BCUT2D eigenvalue weighted by molar-refractivity contribution is 5.89.